The zero-order valence-corrected chi connectivity index (χ0v) is 14.8. The number of pyridine rings is 1. The highest BCUT2D eigenvalue weighted by molar-refractivity contribution is 8.00. The SMILES string of the molecule is COC(=O)c1c(C)[nH]c(C(=O)C(C)Sc2ccc(Cl)cn2)c1C. The molecule has 0 radical (unpaired) electrons. The van der Waals surface area contributed by atoms with E-state index in [1.165, 1.54) is 18.9 Å². The van der Waals surface area contributed by atoms with E-state index in [1.807, 2.05) is 0 Å². The molecule has 0 saturated carbocycles. The zero-order valence-electron chi connectivity index (χ0n) is 13.3. The maximum Gasteiger partial charge on any atom is 0.339 e. The molecule has 0 aromatic carbocycles. The van der Waals surface area contributed by atoms with Gasteiger partial charge in [-0.15, -0.1) is 0 Å². The van der Waals surface area contributed by atoms with Crippen molar-refractivity contribution in [3.8, 4) is 0 Å². The topological polar surface area (TPSA) is 72.1 Å². The van der Waals surface area contributed by atoms with Gasteiger partial charge in [0.2, 0.25) is 0 Å². The van der Waals surface area contributed by atoms with Crippen LogP contribution >= 0.6 is 23.4 Å². The van der Waals surface area contributed by atoms with E-state index in [0.29, 0.717) is 32.6 Å². The number of esters is 1. The molecule has 0 amide bonds. The van der Waals surface area contributed by atoms with Crippen molar-refractivity contribution < 1.29 is 14.3 Å². The van der Waals surface area contributed by atoms with Gasteiger partial charge in [0.05, 0.1) is 33.7 Å². The largest absolute Gasteiger partial charge is 0.465 e. The number of aromatic amines is 1. The molecule has 0 bridgehead atoms. The minimum Gasteiger partial charge on any atom is -0.465 e. The molecule has 5 nitrogen and oxygen atoms in total. The van der Waals surface area contributed by atoms with Gasteiger partial charge < -0.3 is 9.72 Å². The first-order valence-electron chi connectivity index (χ1n) is 6.95. The van der Waals surface area contributed by atoms with Crippen LogP contribution in [0.4, 0.5) is 0 Å². The number of nitrogens with one attached hydrogen (secondary N) is 1. The van der Waals surface area contributed by atoms with Gasteiger partial charge in [-0.05, 0) is 38.5 Å². The third-order valence-corrected chi connectivity index (χ3v) is 4.71. The summed E-state index contributed by atoms with van der Waals surface area (Å²) in [4.78, 5) is 31.6. The Morgan fingerprint density at radius 2 is 2.04 bits per heavy atom. The standard InChI is InChI=1S/C16H17ClN2O3S/c1-8-13(16(21)22-4)9(2)19-14(8)15(20)10(3)23-12-6-5-11(17)7-18-12/h5-7,10,19H,1-4H3. The lowest BCUT2D eigenvalue weighted by Gasteiger charge is -2.09. The molecule has 0 aliphatic rings. The summed E-state index contributed by atoms with van der Waals surface area (Å²) in [7, 11) is 1.32. The zero-order chi connectivity index (χ0) is 17.1. The Hall–Kier alpha value is -1.79. The van der Waals surface area contributed by atoms with Crippen molar-refractivity contribution in [1.82, 2.24) is 9.97 Å². The van der Waals surface area contributed by atoms with Crippen molar-refractivity contribution in [2.24, 2.45) is 0 Å². The predicted octanol–water partition coefficient (Wildman–Crippen LogP) is 3.83. The van der Waals surface area contributed by atoms with E-state index < -0.39 is 5.97 Å². The van der Waals surface area contributed by atoms with E-state index in [9.17, 15) is 9.59 Å². The number of halogens is 1. The summed E-state index contributed by atoms with van der Waals surface area (Å²) < 4.78 is 4.76. The van der Waals surface area contributed by atoms with Crippen molar-refractivity contribution in [2.75, 3.05) is 7.11 Å². The number of ketones is 1. The monoisotopic (exact) mass is 352 g/mol. The number of hydrogen-bond donors (Lipinski definition) is 1. The number of nitrogens with zero attached hydrogens (tertiary/aromatic N) is 1. The first kappa shape index (κ1) is 17.6. The molecular formula is C16H17ClN2O3S. The number of aryl methyl sites for hydroxylation is 1. The maximum absolute atomic E-state index is 12.7. The summed E-state index contributed by atoms with van der Waals surface area (Å²) in [5.41, 5.74) is 2.07. The molecule has 0 aliphatic carbocycles. The molecule has 1 unspecified atom stereocenters. The summed E-state index contributed by atoms with van der Waals surface area (Å²) >= 11 is 7.14. The van der Waals surface area contributed by atoms with Crippen molar-refractivity contribution in [2.45, 2.75) is 31.0 Å². The number of rotatable bonds is 5. The summed E-state index contributed by atoms with van der Waals surface area (Å²) in [6.45, 7) is 5.28. The molecule has 2 aromatic rings. The smallest absolute Gasteiger partial charge is 0.339 e. The third-order valence-electron chi connectivity index (χ3n) is 3.44. The maximum atomic E-state index is 12.7. The lowest BCUT2D eigenvalue weighted by molar-refractivity contribution is 0.0599. The first-order valence-corrected chi connectivity index (χ1v) is 8.20. The summed E-state index contributed by atoms with van der Waals surface area (Å²) in [5.74, 6) is -0.544. The molecule has 0 saturated heterocycles. The lowest BCUT2D eigenvalue weighted by atomic mass is 10.1. The van der Waals surface area contributed by atoms with Gasteiger partial charge in [0, 0.05) is 11.9 Å². The van der Waals surface area contributed by atoms with Gasteiger partial charge in [-0.25, -0.2) is 9.78 Å². The average molecular weight is 353 g/mol. The number of aromatic nitrogens is 2. The van der Waals surface area contributed by atoms with Crippen molar-refractivity contribution in [3.05, 3.63) is 45.9 Å². The van der Waals surface area contributed by atoms with Gasteiger partial charge in [0.15, 0.2) is 5.78 Å². The van der Waals surface area contributed by atoms with E-state index in [0.717, 1.165) is 0 Å². The van der Waals surface area contributed by atoms with Crippen LogP contribution in [-0.4, -0.2) is 34.1 Å². The fraction of sp³-hybridized carbons (Fsp3) is 0.312. The van der Waals surface area contributed by atoms with E-state index in [4.69, 9.17) is 16.3 Å². The van der Waals surface area contributed by atoms with E-state index >= 15 is 0 Å². The van der Waals surface area contributed by atoms with Gasteiger partial charge in [-0.2, -0.15) is 0 Å². The molecule has 0 aliphatic heterocycles. The molecule has 1 N–H and O–H groups in total. The highest BCUT2D eigenvalue weighted by Crippen LogP contribution is 2.27. The third kappa shape index (κ3) is 3.76. The Balaban J connectivity index is 2.23. The number of hydrogen-bond acceptors (Lipinski definition) is 5. The molecule has 7 heteroatoms. The second-order valence-corrected chi connectivity index (χ2v) is 6.85. The van der Waals surface area contributed by atoms with Crippen LogP contribution in [0.25, 0.3) is 0 Å². The lowest BCUT2D eigenvalue weighted by Crippen LogP contribution is -2.15. The predicted molar refractivity (Wildman–Crippen MR) is 90.5 cm³/mol. The van der Waals surface area contributed by atoms with Crippen LogP contribution in [0, 0.1) is 13.8 Å². The van der Waals surface area contributed by atoms with Crippen LogP contribution in [0.15, 0.2) is 23.4 Å². The van der Waals surface area contributed by atoms with E-state index in [2.05, 4.69) is 9.97 Å². The first-order chi connectivity index (χ1) is 10.8. The van der Waals surface area contributed by atoms with E-state index in [1.54, 1.807) is 39.1 Å². The summed E-state index contributed by atoms with van der Waals surface area (Å²) in [6.07, 6.45) is 1.54. The highest BCUT2D eigenvalue weighted by atomic mass is 35.5. The molecule has 1 atom stereocenters. The molecular weight excluding hydrogens is 336 g/mol. The molecule has 2 rings (SSSR count). The highest BCUT2D eigenvalue weighted by Gasteiger charge is 2.26. The van der Waals surface area contributed by atoms with Gasteiger partial charge >= 0.3 is 5.97 Å². The number of Topliss-reactive ketones (excluding diaryl/α,β-unsaturated/α-hetero) is 1. The number of carbonyl (C=O) groups is 2. The Morgan fingerprint density at radius 3 is 2.61 bits per heavy atom. The summed E-state index contributed by atoms with van der Waals surface area (Å²) in [6, 6.07) is 3.50. The van der Waals surface area contributed by atoms with Gasteiger partial charge in [-0.1, -0.05) is 23.4 Å². The quantitative estimate of drug-likeness (QED) is 0.503. The second-order valence-electron chi connectivity index (χ2n) is 5.06. The van der Waals surface area contributed by atoms with Crippen LogP contribution in [0.2, 0.25) is 5.02 Å². The minimum absolute atomic E-state index is 0.0949. The van der Waals surface area contributed by atoms with Crippen LogP contribution in [-0.2, 0) is 4.74 Å². The molecule has 23 heavy (non-hydrogen) atoms. The molecule has 2 aromatic heterocycles. The summed E-state index contributed by atoms with van der Waals surface area (Å²) in [5, 5.41) is 0.905. The Bertz CT molecular complexity index is 741. The van der Waals surface area contributed by atoms with Crippen LogP contribution < -0.4 is 0 Å². The Kier molecular flexibility index (Phi) is 5.49. The number of thioether (sulfide) groups is 1. The van der Waals surface area contributed by atoms with Gasteiger partial charge in [0.25, 0.3) is 0 Å². The van der Waals surface area contributed by atoms with Crippen molar-refractivity contribution in [3.63, 3.8) is 0 Å². The fourth-order valence-corrected chi connectivity index (χ4v) is 3.23. The van der Waals surface area contributed by atoms with Crippen LogP contribution in [0.5, 0.6) is 0 Å². The van der Waals surface area contributed by atoms with E-state index in [-0.39, 0.29) is 11.0 Å². The molecule has 122 valence electrons. The molecule has 0 fully saturated rings. The number of ether oxygens (including phenoxy) is 1. The average Bonchev–Trinajstić information content (AvgIpc) is 2.82. The number of carbonyl (C=O) groups excluding carboxylic acids is 2. The van der Waals surface area contributed by atoms with Gasteiger partial charge in [-0.3, -0.25) is 4.79 Å². The minimum atomic E-state index is -0.449. The fourth-order valence-electron chi connectivity index (χ4n) is 2.27. The Morgan fingerprint density at radius 1 is 1.35 bits per heavy atom. The van der Waals surface area contributed by atoms with Crippen molar-refractivity contribution in [1.29, 1.82) is 0 Å². The van der Waals surface area contributed by atoms with Gasteiger partial charge in [0.1, 0.15) is 0 Å². The second kappa shape index (κ2) is 7.19. The molecule has 2 heterocycles. The number of methoxy groups -OCH3 is 1. The van der Waals surface area contributed by atoms with Crippen LogP contribution in [0.1, 0.15) is 39.0 Å². The molecule has 0 spiro atoms. The number of H-pyrrole nitrogens is 1. The van der Waals surface area contributed by atoms with Crippen LogP contribution in [0.3, 0.4) is 0 Å². The normalized spacial score (nSPS) is 12.0. The van der Waals surface area contributed by atoms with Crippen molar-refractivity contribution >= 4 is 35.1 Å². The Labute approximate surface area is 143 Å².